The summed E-state index contributed by atoms with van der Waals surface area (Å²) in [5.41, 5.74) is 0. The number of rotatable bonds is 3. The molecule has 0 radical (unpaired) electrons. The van der Waals surface area contributed by atoms with Gasteiger partial charge in [-0.15, -0.1) is 0 Å². The predicted octanol–water partition coefficient (Wildman–Crippen LogP) is 2.32. The molecule has 2 fully saturated rings. The van der Waals surface area contributed by atoms with Crippen LogP contribution in [-0.2, 0) is 4.79 Å². The molecule has 19 heavy (non-hydrogen) atoms. The Morgan fingerprint density at radius 1 is 1.16 bits per heavy atom. The van der Waals surface area contributed by atoms with E-state index in [4.69, 9.17) is 0 Å². The fourth-order valence-corrected chi connectivity index (χ4v) is 3.36. The second kappa shape index (κ2) is 6.11. The summed E-state index contributed by atoms with van der Waals surface area (Å²) in [5.74, 6) is 0.126. The SMILES string of the molecule is O=C(CN1CCCC2CCCCC21)NCC(F)(F)F. The molecule has 0 aromatic rings. The number of fused-ring (bicyclic) bond motifs is 1. The van der Waals surface area contributed by atoms with Gasteiger partial charge in [0, 0.05) is 6.04 Å². The van der Waals surface area contributed by atoms with Crippen LogP contribution in [0.4, 0.5) is 13.2 Å². The van der Waals surface area contributed by atoms with E-state index >= 15 is 0 Å². The van der Waals surface area contributed by atoms with Gasteiger partial charge in [-0.05, 0) is 38.1 Å². The standard InChI is InChI=1S/C13H21F3N2O/c14-13(15,16)9-17-12(19)8-18-7-3-5-10-4-1-2-6-11(10)18/h10-11H,1-9H2,(H,17,19). The molecular formula is C13H21F3N2O. The molecule has 1 saturated heterocycles. The Morgan fingerprint density at radius 2 is 1.84 bits per heavy atom. The van der Waals surface area contributed by atoms with Crippen LogP contribution in [0.5, 0.6) is 0 Å². The predicted molar refractivity (Wildman–Crippen MR) is 65.6 cm³/mol. The maximum Gasteiger partial charge on any atom is 0.405 e. The first-order chi connectivity index (χ1) is 8.96. The van der Waals surface area contributed by atoms with E-state index in [1.165, 1.54) is 25.7 Å². The topological polar surface area (TPSA) is 32.3 Å². The van der Waals surface area contributed by atoms with Crippen LogP contribution in [-0.4, -0.2) is 42.7 Å². The molecule has 0 spiro atoms. The zero-order chi connectivity index (χ0) is 13.9. The van der Waals surface area contributed by atoms with E-state index in [0.717, 1.165) is 19.4 Å². The maximum atomic E-state index is 12.0. The van der Waals surface area contributed by atoms with Crippen LogP contribution < -0.4 is 5.32 Å². The lowest BCUT2D eigenvalue weighted by atomic mass is 9.78. The number of nitrogens with zero attached hydrogens (tertiary/aromatic N) is 1. The molecule has 2 atom stereocenters. The molecule has 1 aliphatic carbocycles. The highest BCUT2D eigenvalue weighted by molar-refractivity contribution is 5.78. The number of likely N-dealkylation sites (tertiary alicyclic amines) is 1. The summed E-state index contributed by atoms with van der Waals surface area (Å²) in [6, 6.07) is 0.402. The first-order valence-corrected chi connectivity index (χ1v) is 7.03. The number of halogens is 3. The van der Waals surface area contributed by atoms with Gasteiger partial charge in [0.05, 0.1) is 6.54 Å². The summed E-state index contributed by atoms with van der Waals surface area (Å²) < 4.78 is 36.1. The molecule has 2 aliphatic rings. The van der Waals surface area contributed by atoms with E-state index in [1.807, 2.05) is 5.32 Å². The highest BCUT2D eigenvalue weighted by Gasteiger charge is 2.34. The van der Waals surface area contributed by atoms with E-state index in [-0.39, 0.29) is 6.54 Å². The van der Waals surface area contributed by atoms with Crippen molar-refractivity contribution in [1.82, 2.24) is 10.2 Å². The minimum absolute atomic E-state index is 0.108. The molecule has 110 valence electrons. The Hall–Kier alpha value is -0.780. The summed E-state index contributed by atoms with van der Waals surface area (Å²) in [5, 5.41) is 1.96. The zero-order valence-corrected chi connectivity index (χ0v) is 11.0. The minimum atomic E-state index is -4.33. The summed E-state index contributed by atoms with van der Waals surface area (Å²) in [6.07, 6.45) is 2.61. The fourth-order valence-electron chi connectivity index (χ4n) is 3.36. The first kappa shape index (κ1) is 14.6. The second-order valence-corrected chi connectivity index (χ2v) is 5.62. The van der Waals surface area contributed by atoms with E-state index < -0.39 is 18.6 Å². The van der Waals surface area contributed by atoms with Gasteiger partial charge in [0.15, 0.2) is 0 Å². The molecule has 0 aromatic carbocycles. The van der Waals surface area contributed by atoms with Gasteiger partial charge in [-0.1, -0.05) is 12.8 Å². The lowest BCUT2D eigenvalue weighted by molar-refractivity contribution is -0.139. The van der Waals surface area contributed by atoms with Crippen molar-refractivity contribution in [3.63, 3.8) is 0 Å². The number of nitrogens with one attached hydrogen (secondary N) is 1. The van der Waals surface area contributed by atoms with Crippen LogP contribution in [0.2, 0.25) is 0 Å². The van der Waals surface area contributed by atoms with Crippen molar-refractivity contribution in [3.05, 3.63) is 0 Å². The number of alkyl halides is 3. The quantitative estimate of drug-likeness (QED) is 0.859. The third-order valence-corrected chi connectivity index (χ3v) is 4.19. The molecule has 1 heterocycles. The molecule has 0 bridgehead atoms. The zero-order valence-electron chi connectivity index (χ0n) is 11.0. The van der Waals surface area contributed by atoms with Crippen molar-refractivity contribution in [1.29, 1.82) is 0 Å². The highest BCUT2D eigenvalue weighted by Crippen LogP contribution is 2.34. The number of piperidine rings is 1. The number of amides is 1. The van der Waals surface area contributed by atoms with Gasteiger partial charge in [0.1, 0.15) is 6.54 Å². The summed E-state index contributed by atoms with van der Waals surface area (Å²) in [4.78, 5) is 13.7. The number of carbonyl (C=O) groups excluding carboxylic acids is 1. The van der Waals surface area contributed by atoms with Crippen molar-refractivity contribution in [2.45, 2.75) is 50.7 Å². The average molecular weight is 278 g/mol. The van der Waals surface area contributed by atoms with Crippen molar-refractivity contribution in [2.24, 2.45) is 5.92 Å². The Labute approximate surface area is 111 Å². The number of hydrogen-bond acceptors (Lipinski definition) is 2. The van der Waals surface area contributed by atoms with Crippen molar-refractivity contribution in [2.75, 3.05) is 19.6 Å². The lowest BCUT2D eigenvalue weighted by Gasteiger charge is -2.43. The molecule has 1 amide bonds. The van der Waals surface area contributed by atoms with Gasteiger partial charge in [-0.25, -0.2) is 0 Å². The number of hydrogen-bond donors (Lipinski definition) is 1. The van der Waals surface area contributed by atoms with Crippen LogP contribution >= 0.6 is 0 Å². The Balaban J connectivity index is 1.82. The van der Waals surface area contributed by atoms with Gasteiger partial charge in [-0.3, -0.25) is 9.69 Å². The van der Waals surface area contributed by atoms with Crippen LogP contribution in [0, 0.1) is 5.92 Å². The van der Waals surface area contributed by atoms with Crippen molar-refractivity contribution < 1.29 is 18.0 Å². The molecule has 2 rings (SSSR count). The van der Waals surface area contributed by atoms with Gasteiger partial charge >= 0.3 is 6.18 Å². The van der Waals surface area contributed by atoms with Crippen LogP contribution in [0.15, 0.2) is 0 Å². The van der Waals surface area contributed by atoms with Crippen molar-refractivity contribution in [3.8, 4) is 0 Å². The third kappa shape index (κ3) is 4.37. The lowest BCUT2D eigenvalue weighted by Crippen LogP contribution is -2.51. The Bertz CT molecular complexity index is 318. The molecule has 2 unspecified atom stereocenters. The van der Waals surface area contributed by atoms with Crippen molar-refractivity contribution >= 4 is 5.91 Å². The summed E-state index contributed by atoms with van der Waals surface area (Å²) in [6.45, 7) is -0.286. The molecule has 1 aliphatic heterocycles. The molecule has 6 heteroatoms. The highest BCUT2D eigenvalue weighted by atomic mass is 19.4. The Morgan fingerprint density at radius 3 is 2.58 bits per heavy atom. The van der Waals surface area contributed by atoms with Crippen LogP contribution in [0.25, 0.3) is 0 Å². The van der Waals surface area contributed by atoms with Gasteiger partial charge < -0.3 is 5.32 Å². The maximum absolute atomic E-state index is 12.0. The first-order valence-electron chi connectivity index (χ1n) is 7.03. The largest absolute Gasteiger partial charge is 0.405 e. The minimum Gasteiger partial charge on any atom is -0.346 e. The fraction of sp³-hybridized carbons (Fsp3) is 0.923. The van der Waals surface area contributed by atoms with E-state index in [1.54, 1.807) is 0 Å². The molecule has 3 nitrogen and oxygen atoms in total. The molecular weight excluding hydrogens is 257 g/mol. The van der Waals surface area contributed by atoms with Gasteiger partial charge in [-0.2, -0.15) is 13.2 Å². The smallest absolute Gasteiger partial charge is 0.346 e. The third-order valence-electron chi connectivity index (χ3n) is 4.19. The average Bonchev–Trinajstić information content (AvgIpc) is 2.36. The van der Waals surface area contributed by atoms with Crippen LogP contribution in [0.1, 0.15) is 38.5 Å². The molecule has 0 aromatic heterocycles. The summed E-state index contributed by atoms with van der Waals surface area (Å²) in [7, 11) is 0. The number of carbonyl (C=O) groups is 1. The molecule has 1 N–H and O–H groups in total. The molecule has 1 saturated carbocycles. The van der Waals surface area contributed by atoms with Gasteiger partial charge in [0.25, 0.3) is 0 Å². The van der Waals surface area contributed by atoms with E-state index in [2.05, 4.69) is 4.90 Å². The Kier molecular flexibility index (Phi) is 4.71. The second-order valence-electron chi connectivity index (χ2n) is 5.62. The summed E-state index contributed by atoms with van der Waals surface area (Å²) >= 11 is 0. The van der Waals surface area contributed by atoms with Crippen LogP contribution in [0.3, 0.4) is 0 Å². The monoisotopic (exact) mass is 278 g/mol. The normalized spacial score (nSPS) is 28.8. The van der Waals surface area contributed by atoms with Gasteiger partial charge in [0.2, 0.25) is 5.91 Å². The van der Waals surface area contributed by atoms with E-state index in [9.17, 15) is 18.0 Å². The van der Waals surface area contributed by atoms with E-state index in [0.29, 0.717) is 12.0 Å².